The van der Waals surface area contributed by atoms with Crippen LogP contribution < -0.4 is 0 Å². The summed E-state index contributed by atoms with van der Waals surface area (Å²) in [6.07, 6.45) is 0.327. The van der Waals surface area contributed by atoms with Gasteiger partial charge in [0.1, 0.15) is 5.60 Å². The molecule has 0 heterocycles. The van der Waals surface area contributed by atoms with E-state index in [-0.39, 0.29) is 6.42 Å². The first-order chi connectivity index (χ1) is 7.16. The summed E-state index contributed by atoms with van der Waals surface area (Å²) in [4.78, 5) is 11.4. The van der Waals surface area contributed by atoms with Gasteiger partial charge in [0, 0.05) is 12.0 Å². The second-order valence-electron chi connectivity index (χ2n) is 5.20. The second-order valence-corrected chi connectivity index (χ2v) is 5.20. The van der Waals surface area contributed by atoms with Crippen molar-refractivity contribution in [2.45, 2.75) is 57.3 Å². The van der Waals surface area contributed by atoms with Gasteiger partial charge in [-0.05, 0) is 33.6 Å². The molecule has 1 rings (SSSR count). The number of carbonyl (C=O) groups is 1. The molecule has 1 fully saturated rings. The number of hydrogen-bond donors (Lipinski definition) is 2. The van der Waals surface area contributed by atoms with E-state index in [1.807, 2.05) is 0 Å². The summed E-state index contributed by atoms with van der Waals surface area (Å²) in [5.41, 5.74) is -1.46. The van der Waals surface area contributed by atoms with Crippen LogP contribution >= 0.6 is 0 Å². The number of aliphatic hydroxyl groups is 2. The Morgan fingerprint density at radius 1 is 1.44 bits per heavy atom. The molecular weight excluding hydrogens is 208 g/mol. The minimum atomic E-state index is -1.09. The number of hydrogen-bond acceptors (Lipinski definition) is 4. The molecule has 1 aliphatic rings. The number of aliphatic hydroxyl groups excluding tert-OH is 1. The van der Waals surface area contributed by atoms with Crippen LogP contribution in [0.1, 0.15) is 40.0 Å². The lowest BCUT2D eigenvalue weighted by molar-refractivity contribution is -0.177. The van der Waals surface area contributed by atoms with Crippen LogP contribution in [0.2, 0.25) is 0 Å². The first-order valence-corrected chi connectivity index (χ1v) is 5.46. The van der Waals surface area contributed by atoms with Crippen LogP contribution in [0.5, 0.6) is 0 Å². The Kier molecular flexibility index (Phi) is 3.45. The van der Waals surface area contributed by atoms with Gasteiger partial charge in [-0.25, -0.2) is 4.79 Å². The average molecular weight is 228 g/mol. The quantitative estimate of drug-likeness (QED) is 0.550. The molecule has 0 aromatic rings. The average Bonchev–Trinajstić information content (AvgIpc) is 2.13. The van der Waals surface area contributed by atoms with E-state index in [1.54, 1.807) is 20.8 Å². The molecular formula is C12H20O4. The van der Waals surface area contributed by atoms with E-state index in [1.165, 1.54) is 0 Å². The zero-order valence-corrected chi connectivity index (χ0v) is 10.1. The van der Waals surface area contributed by atoms with Gasteiger partial charge in [0.25, 0.3) is 0 Å². The molecule has 92 valence electrons. The van der Waals surface area contributed by atoms with Crippen molar-refractivity contribution in [1.82, 2.24) is 0 Å². The molecule has 0 aromatic carbocycles. The van der Waals surface area contributed by atoms with Crippen LogP contribution in [0, 0.1) is 0 Å². The number of rotatable bonds is 2. The summed E-state index contributed by atoms with van der Waals surface area (Å²) in [6.45, 7) is 8.46. The van der Waals surface area contributed by atoms with Crippen molar-refractivity contribution < 1.29 is 19.7 Å². The van der Waals surface area contributed by atoms with E-state index in [2.05, 4.69) is 6.58 Å². The fourth-order valence-corrected chi connectivity index (χ4v) is 1.82. The van der Waals surface area contributed by atoms with E-state index in [4.69, 9.17) is 4.74 Å². The predicted molar refractivity (Wildman–Crippen MR) is 59.8 cm³/mol. The van der Waals surface area contributed by atoms with E-state index >= 15 is 0 Å². The third-order valence-corrected chi connectivity index (χ3v) is 3.19. The molecule has 4 nitrogen and oxygen atoms in total. The number of esters is 1. The molecule has 0 aromatic heterocycles. The largest absolute Gasteiger partial charge is 0.456 e. The minimum Gasteiger partial charge on any atom is -0.456 e. The van der Waals surface area contributed by atoms with Crippen LogP contribution in [0.3, 0.4) is 0 Å². The highest BCUT2D eigenvalue weighted by Crippen LogP contribution is 2.37. The smallest absolute Gasteiger partial charge is 0.333 e. The predicted octanol–water partition coefficient (Wildman–Crippen LogP) is 1.16. The standard InChI is InChI=1S/C12H20O4/c1-8(2)10(14)16-11(3)5-6-12(4,15)9(13)7-11/h9,13,15H,1,5-7H2,2-4H3. The second kappa shape index (κ2) is 4.18. The highest BCUT2D eigenvalue weighted by Gasteiger charge is 2.45. The fourth-order valence-electron chi connectivity index (χ4n) is 1.82. The van der Waals surface area contributed by atoms with Crippen molar-refractivity contribution in [3.63, 3.8) is 0 Å². The van der Waals surface area contributed by atoms with Gasteiger partial charge < -0.3 is 14.9 Å². The highest BCUT2D eigenvalue weighted by molar-refractivity contribution is 5.87. The summed E-state index contributed by atoms with van der Waals surface area (Å²) in [5, 5.41) is 19.6. The van der Waals surface area contributed by atoms with Crippen molar-refractivity contribution >= 4 is 5.97 Å². The lowest BCUT2D eigenvalue weighted by atomic mass is 9.75. The maximum Gasteiger partial charge on any atom is 0.333 e. The zero-order chi connectivity index (χ0) is 12.6. The van der Waals surface area contributed by atoms with Crippen molar-refractivity contribution in [3.05, 3.63) is 12.2 Å². The Balaban J connectivity index is 2.68. The van der Waals surface area contributed by atoms with Gasteiger partial charge in [0.05, 0.1) is 11.7 Å². The third-order valence-electron chi connectivity index (χ3n) is 3.19. The Morgan fingerprint density at radius 2 is 2.00 bits per heavy atom. The topological polar surface area (TPSA) is 66.8 Å². The van der Waals surface area contributed by atoms with Crippen molar-refractivity contribution in [2.75, 3.05) is 0 Å². The maximum absolute atomic E-state index is 11.4. The lowest BCUT2D eigenvalue weighted by Crippen LogP contribution is -2.51. The summed E-state index contributed by atoms with van der Waals surface area (Å²) >= 11 is 0. The number of carbonyl (C=O) groups excluding carboxylic acids is 1. The Bertz CT molecular complexity index is 308. The zero-order valence-electron chi connectivity index (χ0n) is 10.1. The fraction of sp³-hybridized carbons (Fsp3) is 0.750. The van der Waals surface area contributed by atoms with Gasteiger partial charge in [-0.15, -0.1) is 0 Å². The molecule has 0 bridgehead atoms. The van der Waals surface area contributed by atoms with Gasteiger partial charge in [-0.2, -0.15) is 0 Å². The number of ether oxygens (including phenoxy) is 1. The first-order valence-electron chi connectivity index (χ1n) is 5.46. The molecule has 0 radical (unpaired) electrons. The van der Waals surface area contributed by atoms with Gasteiger partial charge in [-0.1, -0.05) is 6.58 Å². The van der Waals surface area contributed by atoms with Crippen LogP contribution in [0.15, 0.2) is 12.2 Å². The van der Waals surface area contributed by atoms with Crippen LogP contribution in [-0.2, 0) is 9.53 Å². The lowest BCUT2D eigenvalue weighted by Gasteiger charge is -2.43. The van der Waals surface area contributed by atoms with E-state index in [0.717, 1.165) is 0 Å². The van der Waals surface area contributed by atoms with E-state index < -0.39 is 23.3 Å². The molecule has 16 heavy (non-hydrogen) atoms. The highest BCUT2D eigenvalue weighted by atomic mass is 16.6. The van der Waals surface area contributed by atoms with Gasteiger partial charge in [-0.3, -0.25) is 0 Å². The molecule has 0 amide bonds. The van der Waals surface area contributed by atoms with Crippen molar-refractivity contribution in [3.8, 4) is 0 Å². The molecule has 0 saturated heterocycles. The monoisotopic (exact) mass is 228 g/mol. The van der Waals surface area contributed by atoms with Gasteiger partial charge >= 0.3 is 5.97 Å². The summed E-state index contributed by atoms with van der Waals surface area (Å²) in [6, 6.07) is 0. The van der Waals surface area contributed by atoms with Crippen molar-refractivity contribution in [2.24, 2.45) is 0 Å². The van der Waals surface area contributed by atoms with Crippen molar-refractivity contribution in [1.29, 1.82) is 0 Å². The Labute approximate surface area is 95.9 Å². The van der Waals surface area contributed by atoms with Crippen LogP contribution in [0.25, 0.3) is 0 Å². The molecule has 1 saturated carbocycles. The molecule has 3 atom stereocenters. The molecule has 0 spiro atoms. The SMILES string of the molecule is C=C(C)C(=O)OC1(C)CCC(C)(O)C(O)C1. The summed E-state index contributed by atoms with van der Waals surface area (Å²) < 4.78 is 5.29. The molecule has 2 N–H and O–H groups in total. The molecule has 0 aliphatic heterocycles. The van der Waals surface area contributed by atoms with Crippen LogP contribution in [-0.4, -0.2) is 33.5 Å². The Hall–Kier alpha value is -0.870. The summed E-state index contributed by atoms with van der Waals surface area (Å²) in [5.74, 6) is -0.448. The van der Waals surface area contributed by atoms with E-state index in [0.29, 0.717) is 18.4 Å². The molecule has 4 heteroatoms. The Morgan fingerprint density at radius 3 is 2.44 bits per heavy atom. The summed E-state index contributed by atoms with van der Waals surface area (Å²) in [7, 11) is 0. The van der Waals surface area contributed by atoms with Gasteiger partial charge in [0.2, 0.25) is 0 Å². The first kappa shape index (κ1) is 13.2. The van der Waals surface area contributed by atoms with E-state index in [9.17, 15) is 15.0 Å². The maximum atomic E-state index is 11.4. The van der Waals surface area contributed by atoms with Crippen LogP contribution in [0.4, 0.5) is 0 Å². The minimum absolute atomic E-state index is 0.249. The molecule has 3 unspecified atom stereocenters. The molecule has 1 aliphatic carbocycles. The van der Waals surface area contributed by atoms with Gasteiger partial charge in [0.15, 0.2) is 0 Å². The third kappa shape index (κ3) is 2.83. The normalized spacial score (nSPS) is 39.2.